The van der Waals surface area contributed by atoms with Crippen LogP contribution in [-0.4, -0.2) is 53.2 Å². The van der Waals surface area contributed by atoms with Crippen LogP contribution in [0.1, 0.15) is 19.4 Å². The molecule has 0 radical (unpaired) electrons. The second-order valence-corrected chi connectivity index (χ2v) is 6.92. The van der Waals surface area contributed by atoms with Gasteiger partial charge in [0.1, 0.15) is 5.84 Å². The first-order chi connectivity index (χ1) is 12.0. The average Bonchev–Trinajstić information content (AvgIpc) is 3.07. The van der Waals surface area contributed by atoms with E-state index in [1.807, 2.05) is 17.0 Å². The van der Waals surface area contributed by atoms with E-state index in [9.17, 15) is 9.70 Å². The molecule has 1 aromatic carbocycles. The monoisotopic (exact) mass is 361 g/mol. The topological polar surface area (TPSA) is 77.7 Å². The van der Waals surface area contributed by atoms with E-state index in [0.717, 1.165) is 5.56 Å². The summed E-state index contributed by atoms with van der Waals surface area (Å²) in [4.78, 5) is 36.3. The first-order valence-corrected chi connectivity index (χ1v) is 8.63. The summed E-state index contributed by atoms with van der Waals surface area (Å²) < 4.78 is 0. The number of aliphatic imine (C=N–C) groups is 2. The predicted molar refractivity (Wildman–Crippen MR) is 97.7 cm³/mol. The molecule has 25 heavy (non-hydrogen) atoms. The molecule has 0 bridgehead atoms. The van der Waals surface area contributed by atoms with E-state index in [1.54, 1.807) is 12.1 Å². The van der Waals surface area contributed by atoms with Crippen molar-refractivity contribution in [2.24, 2.45) is 21.1 Å². The summed E-state index contributed by atoms with van der Waals surface area (Å²) in [6.07, 6.45) is 0. The van der Waals surface area contributed by atoms with E-state index >= 15 is 0 Å². The summed E-state index contributed by atoms with van der Waals surface area (Å²) in [5.74, 6) is 0.918. The van der Waals surface area contributed by atoms with Gasteiger partial charge in [-0.25, -0.2) is 0 Å². The number of nitrogens with zero attached hydrogens (tertiary/aromatic N) is 5. The van der Waals surface area contributed by atoms with Crippen LogP contribution in [-0.2, 0) is 11.3 Å². The molecule has 2 aliphatic rings. The molecule has 2 aliphatic heterocycles. The van der Waals surface area contributed by atoms with Crippen LogP contribution in [0, 0.1) is 10.8 Å². The molecule has 8 heteroatoms. The first-order valence-electron chi connectivity index (χ1n) is 8.26. The van der Waals surface area contributed by atoms with Gasteiger partial charge in [-0.2, -0.15) is 0 Å². The lowest BCUT2D eigenvalue weighted by Gasteiger charge is -2.38. The summed E-state index contributed by atoms with van der Waals surface area (Å²) in [5.41, 5.74) is 0.939. The molecule has 1 saturated heterocycles. The second-order valence-electron chi connectivity index (χ2n) is 6.48. The standard InChI is InChI=1S/C17H20ClN5O2/c1-11(2)10-23-15(20-9-12-3-5-13(18)6-4-12)14(21-25)16(24)22-8-7-19-17(22)23/h3-6,11,14H,7-10H2,1-2H3. The molecule has 1 atom stereocenters. The number of benzene rings is 1. The number of carbonyl (C=O) groups is 1. The van der Waals surface area contributed by atoms with Crippen molar-refractivity contribution in [1.29, 1.82) is 0 Å². The molecule has 1 unspecified atom stereocenters. The third-order valence-electron chi connectivity index (χ3n) is 4.07. The van der Waals surface area contributed by atoms with Gasteiger partial charge in [0.2, 0.25) is 12.0 Å². The van der Waals surface area contributed by atoms with Crippen molar-refractivity contribution in [2.45, 2.75) is 26.4 Å². The summed E-state index contributed by atoms with van der Waals surface area (Å²) in [7, 11) is 0. The third kappa shape index (κ3) is 3.56. The molecular weight excluding hydrogens is 342 g/mol. The normalized spacial score (nSPS) is 21.8. The van der Waals surface area contributed by atoms with Gasteiger partial charge >= 0.3 is 0 Å². The fourth-order valence-corrected chi connectivity index (χ4v) is 3.08. The maximum Gasteiger partial charge on any atom is 0.265 e. The molecule has 0 aromatic heterocycles. The Hall–Kier alpha value is -2.28. The lowest BCUT2D eigenvalue weighted by Crippen LogP contribution is -2.61. The van der Waals surface area contributed by atoms with Gasteiger partial charge in [0.25, 0.3) is 5.91 Å². The number of carbonyl (C=O) groups excluding carboxylic acids is 1. The van der Waals surface area contributed by atoms with E-state index in [1.165, 1.54) is 4.90 Å². The average molecular weight is 362 g/mol. The van der Waals surface area contributed by atoms with E-state index < -0.39 is 6.04 Å². The van der Waals surface area contributed by atoms with Crippen molar-refractivity contribution in [3.8, 4) is 0 Å². The zero-order chi connectivity index (χ0) is 18.0. The van der Waals surface area contributed by atoms with Crippen LogP contribution in [0.15, 0.2) is 39.4 Å². The smallest absolute Gasteiger partial charge is 0.265 e. The molecule has 1 aromatic rings. The molecule has 0 aliphatic carbocycles. The molecular formula is C17H20ClN5O2. The van der Waals surface area contributed by atoms with Crippen LogP contribution >= 0.6 is 11.6 Å². The molecule has 2 heterocycles. The van der Waals surface area contributed by atoms with Crippen molar-refractivity contribution < 1.29 is 4.79 Å². The number of nitroso groups, excluding NO2 is 1. The number of hydrogen-bond acceptors (Lipinski definition) is 5. The highest BCUT2D eigenvalue weighted by atomic mass is 35.5. The van der Waals surface area contributed by atoms with Gasteiger partial charge in [0.05, 0.1) is 13.1 Å². The largest absolute Gasteiger partial charge is 0.298 e. The number of guanidine groups is 1. The third-order valence-corrected chi connectivity index (χ3v) is 4.32. The number of hydrogen-bond donors (Lipinski definition) is 0. The quantitative estimate of drug-likeness (QED) is 0.756. The lowest BCUT2D eigenvalue weighted by molar-refractivity contribution is -0.128. The van der Waals surface area contributed by atoms with Crippen molar-refractivity contribution in [1.82, 2.24) is 9.80 Å². The van der Waals surface area contributed by atoms with Crippen molar-refractivity contribution in [3.63, 3.8) is 0 Å². The Morgan fingerprint density at radius 2 is 2.04 bits per heavy atom. The van der Waals surface area contributed by atoms with Gasteiger partial charge in [-0.05, 0) is 28.8 Å². The van der Waals surface area contributed by atoms with Gasteiger partial charge in [0.15, 0.2) is 0 Å². The minimum Gasteiger partial charge on any atom is -0.298 e. The fraction of sp³-hybridized carbons (Fsp3) is 0.471. The number of halogens is 1. The van der Waals surface area contributed by atoms with Gasteiger partial charge < -0.3 is 0 Å². The summed E-state index contributed by atoms with van der Waals surface area (Å²) in [6, 6.07) is 6.18. The molecule has 3 rings (SSSR count). The van der Waals surface area contributed by atoms with Crippen LogP contribution in [0.4, 0.5) is 0 Å². The Kier molecular flexibility index (Phi) is 5.13. The minimum absolute atomic E-state index is 0.311. The fourth-order valence-electron chi connectivity index (χ4n) is 2.95. The Balaban J connectivity index is 1.95. The maximum absolute atomic E-state index is 12.6. The van der Waals surface area contributed by atoms with Crippen LogP contribution < -0.4 is 0 Å². The van der Waals surface area contributed by atoms with Crippen LogP contribution in [0.3, 0.4) is 0 Å². The SMILES string of the molecule is CC(C)CN1C(=NCc2ccc(Cl)cc2)C(N=O)C(=O)N2CCN=C21. The Labute approximate surface area is 151 Å². The van der Waals surface area contributed by atoms with Gasteiger partial charge in [-0.3, -0.25) is 24.6 Å². The molecule has 7 nitrogen and oxygen atoms in total. The highest BCUT2D eigenvalue weighted by molar-refractivity contribution is 6.30. The maximum atomic E-state index is 12.6. The Bertz CT molecular complexity index is 729. The van der Waals surface area contributed by atoms with Gasteiger partial charge in [-0.1, -0.05) is 37.6 Å². The summed E-state index contributed by atoms with van der Waals surface area (Å²) in [5, 5.41) is 3.71. The lowest BCUT2D eigenvalue weighted by atomic mass is 10.1. The van der Waals surface area contributed by atoms with E-state index in [2.05, 4.69) is 29.0 Å². The highest BCUT2D eigenvalue weighted by Crippen LogP contribution is 2.22. The molecule has 0 N–H and O–H groups in total. The number of fused-ring (bicyclic) bond motifs is 1. The number of amidine groups is 1. The molecule has 132 valence electrons. The summed E-state index contributed by atoms with van der Waals surface area (Å²) >= 11 is 5.90. The van der Waals surface area contributed by atoms with E-state index in [4.69, 9.17) is 11.6 Å². The highest BCUT2D eigenvalue weighted by Gasteiger charge is 2.45. The minimum atomic E-state index is -1.12. The van der Waals surface area contributed by atoms with Crippen LogP contribution in [0.2, 0.25) is 5.02 Å². The predicted octanol–water partition coefficient (Wildman–Crippen LogP) is 2.54. The van der Waals surface area contributed by atoms with Crippen LogP contribution in [0.5, 0.6) is 0 Å². The van der Waals surface area contributed by atoms with Crippen LogP contribution in [0.25, 0.3) is 0 Å². The van der Waals surface area contributed by atoms with Crippen molar-refractivity contribution >= 4 is 29.3 Å². The Morgan fingerprint density at radius 1 is 1.32 bits per heavy atom. The second kappa shape index (κ2) is 7.31. The molecule has 0 saturated carbocycles. The van der Waals surface area contributed by atoms with Crippen molar-refractivity contribution in [2.75, 3.05) is 19.6 Å². The zero-order valence-electron chi connectivity index (χ0n) is 14.2. The van der Waals surface area contributed by atoms with Gasteiger partial charge in [0, 0.05) is 18.1 Å². The Morgan fingerprint density at radius 3 is 2.68 bits per heavy atom. The molecule has 1 amide bonds. The van der Waals surface area contributed by atoms with E-state index in [0.29, 0.717) is 48.9 Å². The molecule has 1 fully saturated rings. The number of rotatable bonds is 5. The van der Waals surface area contributed by atoms with Gasteiger partial charge in [-0.15, -0.1) is 4.91 Å². The summed E-state index contributed by atoms with van der Waals surface area (Å²) in [6.45, 7) is 6.11. The first kappa shape index (κ1) is 17.5. The van der Waals surface area contributed by atoms with Crippen molar-refractivity contribution in [3.05, 3.63) is 39.8 Å². The van der Waals surface area contributed by atoms with E-state index in [-0.39, 0.29) is 5.91 Å². The number of amides is 1. The zero-order valence-corrected chi connectivity index (χ0v) is 15.0. The molecule has 0 spiro atoms.